The van der Waals surface area contributed by atoms with Crippen molar-refractivity contribution in [2.75, 3.05) is 12.0 Å². The second-order valence-corrected chi connectivity index (χ2v) is 5.55. The number of fused-ring (bicyclic) bond motifs is 1. The minimum Gasteiger partial charge on any atom is -0.459 e. The summed E-state index contributed by atoms with van der Waals surface area (Å²) in [6, 6.07) is 15.5. The molecule has 2 nitrogen and oxygen atoms in total. The van der Waals surface area contributed by atoms with Crippen molar-refractivity contribution in [3.8, 4) is 5.75 Å². The van der Waals surface area contributed by atoms with E-state index >= 15 is 0 Å². The predicted molar refractivity (Wildman–Crippen MR) is 84.2 cm³/mol. The van der Waals surface area contributed by atoms with Gasteiger partial charge in [0.2, 0.25) is 0 Å². The van der Waals surface area contributed by atoms with Crippen LogP contribution in [0.1, 0.15) is 18.1 Å². The molecule has 0 aromatic heterocycles. The Morgan fingerprint density at radius 3 is 2.57 bits per heavy atom. The van der Waals surface area contributed by atoms with Crippen LogP contribution >= 0.6 is 0 Å². The molecular weight excluding hydrogens is 265 g/mol. The maximum absolute atomic E-state index is 13.7. The van der Waals surface area contributed by atoms with E-state index < -0.39 is 12.2 Å². The summed E-state index contributed by atoms with van der Waals surface area (Å²) in [6.45, 7) is 3.29. The van der Waals surface area contributed by atoms with Gasteiger partial charge in [0.05, 0.1) is 0 Å². The number of aryl methyl sites for hydroxylation is 1. The number of rotatable bonds is 3. The van der Waals surface area contributed by atoms with Gasteiger partial charge in [-0.05, 0) is 37.6 Å². The molecule has 1 atom stereocenters. The number of halogens is 1. The van der Waals surface area contributed by atoms with Crippen LogP contribution in [0.25, 0.3) is 6.08 Å². The van der Waals surface area contributed by atoms with Gasteiger partial charge in [0, 0.05) is 11.3 Å². The average molecular weight is 283 g/mol. The van der Waals surface area contributed by atoms with Crippen molar-refractivity contribution in [1.29, 1.82) is 0 Å². The van der Waals surface area contributed by atoms with Crippen molar-refractivity contribution >= 4 is 11.8 Å². The van der Waals surface area contributed by atoms with Crippen molar-refractivity contribution in [3.63, 3.8) is 0 Å². The van der Waals surface area contributed by atoms with Crippen LogP contribution in [0.15, 0.2) is 54.3 Å². The molecule has 2 aromatic rings. The van der Waals surface area contributed by atoms with Gasteiger partial charge in [-0.3, -0.25) is 0 Å². The molecule has 0 saturated heterocycles. The smallest absolute Gasteiger partial charge is 0.132 e. The first-order valence-corrected chi connectivity index (χ1v) is 7.01. The third-order valence-electron chi connectivity index (χ3n) is 3.77. The topological polar surface area (TPSA) is 21.3 Å². The van der Waals surface area contributed by atoms with Gasteiger partial charge in [0.1, 0.15) is 23.7 Å². The maximum atomic E-state index is 13.7. The monoisotopic (exact) mass is 283 g/mol. The first-order valence-electron chi connectivity index (χ1n) is 7.01. The fourth-order valence-electron chi connectivity index (χ4n) is 2.48. The van der Waals surface area contributed by atoms with Gasteiger partial charge in [-0.1, -0.05) is 36.4 Å². The summed E-state index contributed by atoms with van der Waals surface area (Å²) in [7, 11) is 0. The fraction of sp³-hybridized carbons (Fsp3) is 0.222. The highest BCUT2D eigenvalue weighted by Gasteiger charge is 2.35. The van der Waals surface area contributed by atoms with E-state index in [1.165, 1.54) is 0 Å². The molecule has 1 aliphatic rings. The van der Waals surface area contributed by atoms with Gasteiger partial charge >= 0.3 is 0 Å². The van der Waals surface area contributed by atoms with Crippen LogP contribution in [-0.2, 0) is 0 Å². The van der Waals surface area contributed by atoms with E-state index in [2.05, 4.69) is 5.32 Å². The fourth-order valence-corrected chi connectivity index (χ4v) is 2.48. The van der Waals surface area contributed by atoms with Crippen molar-refractivity contribution < 1.29 is 9.13 Å². The Labute approximate surface area is 124 Å². The highest BCUT2D eigenvalue weighted by atomic mass is 19.1. The molecule has 3 heteroatoms. The highest BCUT2D eigenvalue weighted by Crippen LogP contribution is 2.36. The van der Waals surface area contributed by atoms with Gasteiger partial charge in [-0.2, -0.15) is 0 Å². The molecule has 0 radical (unpaired) electrons. The lowest BCUT2D eigenvalue weighted by atomic mass is 9.92. The lowest BCUT2D eigenvalue weighted by Gasteiger charge is -2.36. The Balaban J connectivity index is 2.03. The van der Waals surface area contributed by atoms with E-state index in [0.29, 0.717) is 11.5 Å². The lowest BCUT2D eigenvalue weighted by molar-refractivity contribution is 0.291. The zero-order valence-corrected chi connectivity index (χ0v) is 12.2. The summed E-state index contributed by atoms with van der Waals surface area (Å²) in [5.74, 6) is 1.30. The molecule has 0 bridgehead atoms. The lowest BCUT2D eigenvalue weighted by Crippen LogP contribution is -2.43. The van der Waals surface area contributed by atoms with Crippen LogP contribution in [0, 0.1) is 6.92 Å². The number of hydrogen-bond donors (Lipinski definition) is 1. The van der Waals surface area contributed by atoms with Crippen LogP contribution in [0.2, 0.25) is 0 Å². The average Bonchev–Trinajstić information content (AvgIpc) is 2.50. The van der Waals surface area contributed by atoms with E-state index in [9.17, 15) is 4.39 Å². The molecule has 0 aliphatic carbocycles. The molecule has 3 rings (SSSR count). The van der Waals surface area contributed by atoms with Crippen LogP contribution in [0.5, 0.6) is 5.75 Å². The predicted octanol–water partition coefficient (Wildman–Crippen LogP) is 4.57. The van der Waals surface area contributed by atoms with Gasteiger partial charge in [-0.25, -0.2) is 4.39 Å². The summed E-state index contributed by atoms with van der Waals surface area (Å²) < 4.78 is 19.6. The van der Waals surface area contributed by atoms with Crippen LogP contribution in [0.3, 0.4) is 0 Å². The normalized spacial score (nSPS) is 20.2. The van der Waals surface area contributed by atoms with Crippen molar-refractivity contribution in [2.24, 2.45) is 0 Å². The molecule has 0 amide bonds. The van der Waals surface area contributed by atoms with Gasteiger partial charge in [0.25, 0.3) is 0 Å². The Morgan fingerprint density at radius 1 is 1.10 bits per heavy atom. The first-order chi connectivity index (χ1) is 10.1. The third kappa shape index (κ3) is 2.51. The van der Waals surface area contributed by atoms with Crippen molar-refractivity contribution in [3.05, 3.63) is 65.4 Å². The molecule has 0 spiro atoms. The minimum atomic E-state index is -0.852. The number of ether oxygens (including phenoxy) is 1. The maximum Gasteiger partial charge on any atom is 0.132 e. The Morgan fingerprint density at radius 2 is 1.86 bits per heavy atom. The molecule has 21 heavy (non-hydrogen) atoms. The van der Waals surface area contributed by atoms with Crippen LogP contribution in [0.4, 0.5) is 10.1 Å². The summed E-state index contributed by atoms with van der Waals surface area (Å²) >= 11 is 0. The van der Waals surface area contributed by atoms with Crippen molar-refractivity contribution in [2.45, 2.75) is 19.4 Å². The molecule has 1 heterocycles. The number of benzene rings is 2. The van der Waals surface area contributed by atoms with Crippen LogP contribution < -0.4 is 10.1 Å². The summed E-state index contributed by atoms with van der Waals surface area (Å²) in [6.07, 6.45) is 1.92. The van der Waals surface area contributed by atoms with E-state index in [0.717, 1.165) is 16.8 Å². The standard InChI is InChI=1S/C18H18FNO/c1-13-7-6-8-14-11-16(18(2,12-19)20-17(13)14)21-15-9-4-3-5-10-15/h3-11,20H,12H2,1-2H3. The molecule has 1 unspecified atom stereocenters. The van der Waals surface area contributed by atoms with Crippen LogP contribution in [-0.4, -0.2) is 12.2 Å². The Bertz CT molecular complexity index is 681. The number of anilines is 1. The molecule has 108 valence electrons. The number of alkyl halides is 1. The number of nitrogens with one attached hydrogen (secondary N) is 1. The van der Waals surface area contributed by atoms with Gasteiger partial charge in [0.15, 0.2) is 0 Å². The summed E-state index contributed by atoms with van der Waals surface area (Å²) in [5.41, 5.74) is 2.24. The SMILES string of the molecule is Cc1cccc2c1NC(C)(CF)C(Oc1ccccc1)=C2. The summed E-state index contributed by atoms with van der Waals surface area (Å²) in [4.78, 5) is 0. The minimum absolute atomic E-state index is 0.542. The third-order valence-corrected chi connectivity index (χ3v) is 3.77. The molecule has 2 aromatic carbocycles. The quantitative estimate of drug-likeness (QED) is 0.891. The zero-order chi connectivity index (χ0) is 14.9. The Kier molecular flexibility index (Phi) is 3.42. The number of para-hydroxylation sites is 2. The molecule has 1 N–H and O–H groups in total. The zero-order valence-electron chi connectivity index (χ0n) is 12.2. The Hall–Kier alpha value is -2.29. The second kappa shape index (κ2) is 5.24. The largest absolute Gasteiger partial charge is 0.459 e. The molecule has 0 fully saturated rings. The van der Waals surface area contributed by atoms with Crippen molar-refractivity contribution in [1.82, 2.24) is 0 Å². The van der Waals surface area contributed by atoms with E-state index in [-0.39, 0.29) is 0 Å². The van der Waals surface area contributed by atoms with E-state index in [4.69, 9.17) is 4.74 Å². The molecule has 1 aliphatic heterocycles. The van der Waals surface area contributed by atoms with E-state index in [1.807, 2.05) is 68.5 Å². The van der Waals surface area contributed by atoms with E-state index in [1.54, 1.807) is 0 Å². The molecular formula is C18H18FNO. The first kappa shape index (κ1) is 13.7. The highest BCUT2D eigenvalue weighted by molar-refractivity contribution is 5.76. The second-order valence-electron chi connectivity index (χ2n) is 5.55. The summed E-state index contributed by atoms with van der Waals surface area (Å²) in [5, 5.41) is 3.29. The molecule has 0 saturated carbocycles. The number of hydrogen-bond acceptors (Lipinski definition) is 2. The van der Waals surface area contributed by atoms with Gasteiger partial charge in [-0.15, -0.1) is 0 Å². The van der Waals surface area contributed by atoms with Gasteiger partial charge < -0.3 is 10.1 Å².